The van der Waals surface area contributed by atoms with Crippen molar-refractivity contribution in [1.29, 1.82) is 0 Å². The molecule has 1 aromatic heterocycles. The highest BCUT2D eigenvalue weighted by Gasteiger charge is 2.19. The number of anilines is 4. The molecule has 0 radical (unpaired) electrons. The molecule has 122 valence electrons. The lowest BCUT2D eigenvalue weighted by atomic mass is 10.2. The van der Waals surface area contributed by atoms with E-state index < -0.39 is 0 Å². The predicted octanol–water partition coefficient (Wildman–Crippen LogP) is 4.13. The predicted molar refractivity (Wildman–Crippen MR) is 95.3 cm³/mol. The molecule has 0 saturated heterocycles. The summed E-state index contributed by atoms with van der Waals surface area (Å²) in [6, 6.07) is 16.5. The first-order valence-corrected chi connectivity index (χ1v) is 7.84. The smallest absolute Gasteiger partial charge is 0.182 e. The van der Waals surface area contributed by atoms with Crippen LogP contribution in [0.25, 0.3) is 0 Å². The van der Waals surface area contributed by atoms with Gasteiger partial charge in [0.15, 0.2) is 11.0 Å². The van der Waals surface area contributed by atoms with Crippen molar-refractivity contribution >= 4 is 34.5 Å². The number of hydrogen-bond donors (Lipinski definition) is 2. The molecular formula is C17H16ClN5O. The highest BCUT2D eigenvalue weighted by atomic mass is 35.5. The van der Waals surface area contributed by atoms with Gasteiger partial charge < -0.3 is 15.3 Å². The molecule has 3 aromatic rings. The summed E-state index contributed by atoms with van der Waals surface area (Å²) < 4.78 is 0. The topological polar surface area (TPSA) is 74.2 Å². The molecule has 24 heavy (non-hydrogen) atoms. The van der Waals surface area contributed by atoms with Gasteiger partial charge >= 0.3 is 0 Å². The molecule has 2 aromatic carbocycles. The number of nitrogens with one attached hydrogen (secondary N) is 1. The molecule has 7 heteroatoms. The van der Waals surface area contributed by atoms with E-state index in [-0.39, 0.29) is 10.9 Å². The van der Waals surface area contributed by atoms with E-state index in [4.69, 9.17) is 11.6 Å². The zero-order valence-electron chi connectivity index (χ0n) is 13.0. The number of aromatic nitrogens is 3. The molecule has 0 saturated carbocycles. The first kappa shape index (κ1) is 16.0. The molecular weight excluding hydrogens is 326 g/mol. The molecule has 0 unspecified atom stereocenters. The fourth-order valence-corrected chi connectivity index (χ4v) is 2.61. The summed E-state index contributed by atoms with van der Waals surface area (Å²) in [5.74, 6) is 0.714. The second-order valence-electron chi connectivity index (χ2n) is 5.03. The first-order chi connectivity index (χ1) is 11.7. The van der Waals surface area contributed by atoms with Crippen LogP contribution >= 0.6 is 11.6 Å². The van der Waals surface area contributed by atoms with Gasteiger partial charge in [-0.3, -0.25) is 0 Å². The van der Waals surface area contributed by atoms with Crippen molar-refractivity contribution in [1.82, 2.24) is 15.4 Å². The van der Waals surface area contributed by atoms with Crippen LogP contribution in [0.2, 0.25) is 5.15 Å². The minimum atomic E-state index is 0.203. The average molecular weight is 342 g/mol. The van der Waals surface area contributed by atoms with E-state index in [0.29, 0.717) is 18.1 Å². The van der Waals surface area contributed by atoms with E-state index in [1.165, 1.54) is 0 Å². The largest absolute Gasteiger partial charge is 0.508 e. The van der Waals surface area contributed by atoms with Gasteiger partial charge in [0.25, 0.3) is 0 Å². The van der Waals surface area contributed by atoms with Crippen LogP contribution in [0.5, 0.6) is 5.75 Å². The summed E-state index contributed by atoms with van der Waals surface area (Å²) in [7, 11) is 0. The Labute approximate surface area is 144 Å². The minimum absolute atomic E-state index is 0.203. The molecule has 2 N–H and O–H groups in total. The van der Waals surface area contributed by atoms with Crippen LogP contribution in [0.3, 0.4) is 0 Å². The van der Waals surface area contributed by atoms with Gasteiger partial charge in [-0.15, -0.1) is 10.2 Å². The fourth-order valence-electron chi connectivity index (χ4n) is 2.38. The van der Waals surface area contributed by atoms with Crippen LogP contribution in [0.4, 0.5) is 22.9 Å². The Balaban J connectivity index is 2.03. The molecule has 0 fully saturated rings. The number of phenolic OH excluding ortho intramolecular Hbond substituents is 1. The monoisotopic (exact) mass is 341 g/mol. The summed E-state index contributed by atoms with van der Waals surface area (Å²) in [5.41, 5.74) is 2.36. The third kappa shape index (κ3) is 3.38. The lowest BCUT2D eigenvalue weighted by Crippen LogP contribution is -2.19. The van der Waals surface area contributed by atoms with Crippen molar-refractivity contribution in [3.63, 3.8) is 0 Å². The van der Waals surface area contributed by atoms with Gasteiger partial charge in [-0.05, 0) is 48.5 Å². The molecule has 1 heterocycles. The summed E-state index contributed by atoms with van der Waals surface area (Å²) >= 11 is 6.31. The maximum Gasteiger partial charge on any atom is 0.182 e. The first-order valence-electron chi connectivity index (χ1n) is 7.46. The van der Waals surface area contributed by atoms with Crippen LogP contribution in [0.1, 0.15) is 6.92 Å². The molecule has 0 spiro atoms. The van der Waals surface area contributed by atoms with Crippen molar-refractivity contribution < 1.29 is 5.11 Å². The van der Waals surface area contributed by atoms with Crippen LogP contribution < -0.4 is 10.2 Å². The van der Waals surface area contributed by atoms with Crippen LogP contribution in [0, 0.1) is 0 Å². The van der Waals surface area contributed by atoms with Gasteiger partial charge in [0.1, 0.15) is 11.4 Å². The summed E-state index contributed by atoms with van der Waals surface area (Å²) in [6.07, 6.45) is 0. The quantitative estimate of drug-likeness (QED) is 0.726. The van der Waals surface area contributed by atoms with Gasteiger partial charge in [-0.1, -0.05) is 29.8 Å². The Bertz CT molecular complexity index is 811. The Kier molecular flexibility index (Phi) is 4.77. The standard InChI is InChI=1S/C17H16ClN5O/c1-2-23(13-8-10-14(24)11-9-13)15-16(18)20-22-21-17(15)19-12-6-4-3-5-7-12/h3-11,24H,2H2,1H3,(H,19,20,21). The summed E-state index contributed by atoms with van der Waals surface area (Å²) in [6.45, 7) is 2.64. The van der Waals surface area contributed by atoms with Crippen LogP contribution in [-0.4, -0.2) is 27.1 Å². The van der Waals surface area contributed by atoms with Crippen molar-refractivity contribution in [2.75, 3.05) is 16.8 Å². The van der Waals surface area contributed by atoms with E-state index in [0.717, 1.165) is 11.4 Å². The van der Waals surface area contributed by atoms with Gasteiger partial charge in [0.05, 0.1) is 0 Å². The minimum Gasteiger partial charge on any atom is -0.508 e. The number of halogens is 1. The van der Waals surface area contributed by atoms with Crippen molar-refractivity contribution in [2.45, 2.75) is 6.92 Å². The highest BCUT2D eigenvalue weighted by molar-refractivity contribution is 6.32. The van der Waals surface area contributed by atoms with Gasteiger partial charge in [0.2, 0.25) is 0 Å². The molecule has 0 bridgehead atoms. The Morgan fingerprint density at radius 2 is 1.75 bits per heavy atom. The van der Waals surface area contributed by atoms with Gasteiger partial charge in [-0.2, -0.15) is 0 Å². The summed E-state index contributed by atoms with van der Waals surface area (Å²) in [4.78, 5) is 1.95. The molecule has 0 aliphatic carbocycles. The second-order valence-corrected chi connectivity index (χ2v) is 5.39. The zero-order valence-corrected chi connectivity index (χ0v) is 13.8. The number of aromatic hydroxyl groups is 1. The molecule has 0 aliphatic heterocycles. The van der Waals surface area contributed by atoms with Crippen LogP contribution in [-0.2, 0) is 0 Å². The normalized spacial score (nSPS) is 10.4. The van der Waals surface area contributed by atoms with E-state index in [1.54, 1.807) is 12.1 Å². The summed E-state index contributed by atoms with van der Waals surface area (Å²) in [5, 5.41) is 24.6. The number of phenols is 1. The van der Waals surface area contributed by atoms with Crippen molar-refractivity contribution in [3.05, 3.63) is 59.8 Å². The van der Waals surface area contributed by atoms with Gasteiger partial charge in [0, 0.05) is 17.9 Å². The molecule has 3 rings (SSSR count). The fraction of sp³-hybridized carbons (Fsp3) is 0.118. The third-order valence-electron chi connectivity index (χ3n) is 3.48. The zero-order chi connectivity index (χ0) is 16.9. The number of hydrogen-bond acceptors (Lipinski definition) is 6. The lowest BCUT2D eigenvalue weighted by Gasteiger charge is -2.25. The van der Waals surface area contributed by atoms with Crippen LogP contribution in [0.15, 0.2) is 54.6 Å². The second kappa shape index (κ2) is 7.14. The Morgan fingerprint density at radius 3 is 2.42 bits per heavy atom. The van der Waals surface area contributed by atoms with E-state index in [9.17, 15) is 5.11 Å². The van der Waals surface area contributed by atoms with E-state index in [1.807, 2.05) is 54.3 Å². The SMILES string of the molecule is CCN(c1ccc(O)cc1)c1c(Cl)nnnc1Nc1ccccc1. The Morgan fingerprint density at radius 1 is 1.04 bits per heavy atom. The lowest BCUT2D eigenvalue weighted by molar-refractivity contribution is 0.475. The molecule has 0 amide bonds. The van der Waals surface area contributed by atoms with E-state index in [2.05, 4.69) is 20.7 Å². The van der Waals surface area contributed by atoms with Crippen molar-refractivity contribution in [3.8, 4) is 5.75 Å². The number of para-hydroxylation sites is 1. The Hall–Kier alpha value is -2.86. The highest BCUT2D eigenvalue weighted by Crippen LogP contribution is 2.36. The maximum atomic E-state index is 9.49. The number of benzene rings is 2. The number of nitrogens with zero attached hydrogens (tertiary/aromatic N) is 4. The van der Waals surface area contributed by atoms with Crippen molar-refractivity contribution in [2.24, 2.45) is 0 Å². The van der Waals surface area contributed by atoms with Gasteiger partial charge in [-0.25, -0.2) is 0 Å². The molecule has 0 atom stereocenters. The average Bonchev–Trinajstić information content (AvgIpc) is 2.60. The third-order valence-corrected chi connectivity index (χ3v) is 3.74. The molecule has 0 aliphatic rings. The molecule has 6 nitrogen and oxygen atoms in total. The number of rotatable bonds is 5. The maximum absolute atomic E-state index is 9.49. The van der Waals surface area contributed by atoms with E-state index >= 15 is 0 Å².